The zero-order valence-corrected chi connectivity index (χ0v) is 43.9. The standard InChI is InChI=1S/C61H83N3O9/c1-5-36-24-38-11-10-37(36)25-43(67)32-61(19-8-9-42(61)16-22-65)34-64-59(62)63-21-15-44-48(33-66)60(17-6-7-18-60)20-14-52(44)72-54-29-39(12-13-49(54)68)58-51(70)30-47-53(73-58)31-55(71-4)57-46-27-41(23-35(2)3)50(69)28-40(46)26-45(38)56(47)57/h10-13,22,27-29,31,35-38,42-45,48,51-52,58,66-70H,5-9,14-21,23-26,30,32-34H2,1-4H3,(H3,62,63,64)/t36-,37-,38-,42-,43+,44+,45+,48-,51+,52-,58-,61-/m0/s1. The van der Waals surface area contributed by atoms with Crippen molar-refractivity contribution < 1.29 is 44.5 Å². The first-order valence-electron chi connectivity index (χ1n) is 28.1. The number of allylic oxidation sites excluding steroid dienone is 2. The van der Waals surface area contributed by atoms with Crippen molar-refractivity contribution in [1.29, 1.82) is 0 Å². The Hall–Kier alpha value is -4.78. The Morgan fingerprint density at radius 2 is 1.71 bits per heavy atom. The van der Waals surface area contributed by atoms with Crippen LogP contribution in [0.2, 0.25) is 0 Å². The summed E-state index contributed by atoms with van der Waals surface area (Å²) in [4.78, 5) is 17.1. The van der Waals surface area contributed by atoms with Crippen LogP contribution in [-0.2, 0) is 24.1 Å². The summed E-state index contributed by atoms with van der Waals surface area (Å²) in [6.45, 7) is 7.56. The van der Waals surface area contributed by atoms with Crippen molar-refractivity contribution >= 4 is 12.2 Å². The number of hydrogen-bond donors (Lipinski definition) is 7. The molecular formula is C61H83N3O9. The van der Waals surface area contributed by atoms with Crippen LogP contribution in [0.3, 0.4) is 0 Å². The molecule has 0 unspecified atom stereocenters. The minimum absolute atomic E-state index is 0.000160. The fraction of sp³-hybridized carbons (Fsp3) is 0.639. The number of aliphatic imine (C=N–C) groups is 1. The van der Waals surface area contributed by atoms with Crippen LogP contribution < -0.4 is 25.3 Å². The summed E-state index contributed by atoms with van der Waals surface area (Å²) in [7, 11) is 1.70. The highest BCUT2D eigenvalue weighted by Crippen LogP contribution is 2.58. The van der Waals surface area contributed by atoms with Gasteiger partial charge in [0.2, 0.25) is 0 Å². The van der Waals surface area contributed by atoms with E-state index in [2.05, 4.69) is 44.3 Å². The van der Waals surface area contributed by atoms with E-state index in [9.17, 15) is 30.3 Å². The van der Waals surface area contributed by atoms with Gasteiger partial charge in [-0.2, -0.15) is 0 Å². The second-order valence-electron chi connectivity index (χ2n) is 24.1. The Kier molecular flexibility index (Phi) is 15.2. The number of carbonyl (C=O) groups is 1. The molecule has 0 saturated heterocycles. The van der Waals surface area contributed by atoms with Crippen molar-refractivity contribution in [1.82, 2.24) is 5.32 Å². The number of guanidine groups is 1. The molecule has 12 atom stereocenters. The quantitative estimate of drug-likeness (QED) is 0.0879. The average Bonchev–Trinajstić information content (AvgIpc) is 4.01. The maximum absolute atomic E-state index is 12.4. The molecule has 10 aliphatic rings. The van der Waals surface area contributed by atoms with Crippen LogP contribution in [0.5, 0.6) is 28.7 Å². The lowest BCUT2D eigenvalue weighted by molar-refractivity contribution is -0.109. The number of nitrogens with zero attached hydrogens (tertiary/aromatic N) is 1. The molecule has 12 heteroatoms. The minimum atomic E-state index is -0.925. The molecule has 3 saturated carbocycles. The summed E-state index contributed by atoms with van der Waals surface area (Å²) in [5.41, 5.74) is 13.2. The molecule has 8 N–H and O–H groups in total. The lowest BCUT2D eigenvalue weighted by Crippen LogP contribution is -2.49. The number of methoxy groups -OCH3 is 1. The number of nitrogens with two attached hydrogens (primary N) is 1. The lowest BCUT2D eigenvalue weighted by atomic mass is 9.59. The van der Waals surface area contributed by atoms with Gasteiger partial charge < -0.3 is 55.6 Å². The highest BCUT2D eigenvalue weighted by atomic mass is 16.5. The number of benzene rings is 3. The molecule has 0 aromatic heterocycles. The van der Waals surface area contributed by atoms with E-state index in [1.807, 2.05) is 24.3 Å². The normalized spacial score (nSPS) is 32.9. The number of aromatic hydroxyl groups is 2. The molecule has 8 bridgehead atoms. The Bertz CT molecular complexity index is 2530. The van der Waals surface area contributed by atoms with Crippen LogP contribution in [0.4, 0.5) is 0 Å². The molecule has 73 heavy (non-hydrogen) atoms. The number of hydrogen-bond acceptors (Lipinski definition) is 12. The second kappa shape index (κ2) is 21.5. The maximum atomic E-state index is 12.4. The summed E-state index contributed by atoms with van der Waals surface area (Å²) in [6, 6.07) is 11.4. The van der Waals surface area contributed by atoms with E-state index in [4.69, 9.17) is 24.9 Å². The smallest absolute Gasteiger partial charge is 0.188 e. The van der Waals surface area contributed by atoms with Crippen molar-refractivity contribution in [2.75, 3.05) is 26.8 Å². The first-order chi connectivity index (χ1) is 35.3. The van der Waals surface area contributed by atoms with Crippen molar-refractivity contribution in [3.63, 3.8) is 0 Å². The molecule has 5 aliphatic carbocycles. The van der Waals surface area contributed by atoms with Gasteiger partial charge in [0.05, 0.1) is 19.3 Å². The third-order valence-electron chi connectivity index (χ3n) is 19.6. The highest BCUT2D eigenvalue weighted by Gasteiger charge is 2.51. The molecule has 5 heterocycles. The second-order valence-corrected chi connectivity index (χ2v) is 24.1. The molecule has 0 radical (unpaired) electrons. The predicted molar refractivity (Wildman–Crippen MR) is 284 cm³/mol. The van der Waals surface area contributed by atoms with Gasteiger partial charge in [-0.1, -0.05) is 64.7 Å². The largest absolute Gasteiger partial charge is 0.508 e. The molecule has 13 rings (SSSR count). The van der Waals surface area contributed by atoms with Gasteiger partial charge in [-0.25, -0.2) is 0 Å². The number of aliphatic hydroxyl groups is 3. The first-order valence-corrected chi connectivity index (χ1v) is 28.1. The Morgan fingerprint density at radius 1 is 0.918 bits per heavy atom. The van der Waals surface area contributed by atoms with E-state index in [-0.39, 0.29) is 64.8 Å². The molecule has 2 spiro atoms. The van der Waals surface area contributed by atoms with Gasteiger partial charge in [-0.05, 0) is 181 Å². The molecular weight excluding hydrogens is 919 g/mol. The molecule has 5 aliphatic heterocycles. The molecule has 0 amide bonds. The molecule has 3 fully saturated rings. The highest BCUT2D eigenvalue weighted by molar-refractivity contribution is 5.84. The number of aldehydes is 1. The lowest BCUT2D eigenvalue weighted by Gasteiger charge is -2.49. The third-order valence-corrected chi connectivity index (χ3v) is 19.6. The van der Waals surface area contributed by atoms with Crippen molar-refractivity contribution in [2.45, 2.75) is 167 Å². The number of aliphatic hydroxyl groups excluding tert-OH is 3. The van der Waals surface area contributed by atoms with Crippen molar-refractivity contribution in [3.8, 4) is 39.9 Å². The summed E-state index contributed by atoms with van der Waals surface area (Å²) in [6.07, 6.45) is 18.0. The number of rotatable bonds is 7. The molecule has 3 aromatic rings. The summed E-state index contributed by atoms with van der Waals surface area (Å²) < 4.78 is 20.3. The van der Waals surface area contributed by atoms with E-state index in [0.29, 0.717) is 98.0 Å². The van der Waals surface area contributed by atoms with Gasteiger partial charge in [0, 0.05) is 55.6 Å². The van der Waals surface area contributed by atoms with Gasteiger partial charge in [0.15, 0.2) is 17.5 Å². The monoisotopic (exact) mass is 1000 g/mol. The van der Waals surface area contributed by atoms with Crippen LogP contribution in [0.25, 0.3) is 11.1 Å². The van der Waals surface area contributed by atoms with Crippen LogP contribution in [0.15, 0.2) is 53.5 Å². The fourth-order valence-corrected chi connectivity index (χ4v) is 16.0. The van der Waals surface area contributed by atoms with E-state index in [0.717, 1.165) is 117 Å². The van der Waals surface area contributed by atoms with Gasteiger partial charge >= 0.3 is 0 Å². The van der Waals surface area contributed by atoms with Crippen LogP contribution >= 0.6 is 0 Å². The van der Waals surface area contributed by atoms with Gasteiger partial charge in [0.1, 0.15) is 35.7 Å². The number of phenols is 2. The Balaban J connectivity index is 1.08. The number of nitrogens with one attached hydrogen (secondary N) is 1. The van der Waals surface area contributed by atoms with Crippen LogP contribution in [-0.4, -0.2) is 82.9 Å². The summed E-state index contributed by atoms with van der Waals surface area (Å²) in [5.74, 6) is 3.27. The fourth-order valence-electron chi connectivity index (χ4n) is 16.0. The average molecular weight is 1000 g/mol. The van der Waals surface area contributed by atoms with Crippen LogP contribution in [0.1, 0.15) is 157 Å². The van der Waals surface area contributed by atoms with Gasteiger partial charge in [-0.15, -0.1) is 0 Å². The molecule has 12 nitrogen and oxygen atoms in total. The summed E-state index contributed by atoms with van der Waals surface area (Å²) >= 11 is 0. The molecule has 3 aromatic carbocycles. The number of ether oxygens (including phenoxy) is 3. The third kappa shape index (κ3) is 9.99. The Labute approximate surface area is 433 Å². The van der Waals surface area contributed by atoms with Crippen LogP contribution in [0, 0.1) is 52.3 Å². The summed E-state index contributed by atoms with van der Waals surface area (Å²) in [5, 5.41) is 62.2. The van der Waals surface area contributed by atoms with Gasteiger partial charge in [-0.3, -0.25) is 4.99 Å². The maximum Gasteiger partial charge on any atom is 0.188 e. The predicted octanol–water partition coefficient (Wildman–Crippen LogP) is 10.0. The number of carbonyl (C=O) groups excluding carboxylic acids is 1. The first kappa shape index (κ1) is 51.7. The van der Waals surface area contributed by atoms with E-state index in [1.54, 1.807) is 13.2 Å². The van der Waals surface area contributed by atoms with Gasteiger partial charge in [0.25, 0.3) is 0 Å². The van der Waals surface area contributed by atoms with E-state index >= 15 is 0 Å². The van der Waals surface area contributed by atoms with Crippen molar-refractivity contribution in [3.05, 3.63) is 76.4 Å². The topological polar surface area (TPSA) is 196 Å². The molecule has 396 valence electrons. The van der Waals surface area contributed by atoms with E-state index in [1.165, 1.54) is 0 Å². The number of fused-ring (bicyclic) bond motifs is 2. The van der Waals surface area contributed by atoms with Crippen molar-refractivity contribution in [2.24, 2.45) is 63.0 Å². The number of phenolic OH excluding ortho intramolecular Hbond substituents is 2. The SMILES string of the molecule is CC[C@H]1C[C@@H]2C=C[C@H]1C[C@@H](O)C[C@@]1(CCC[C@H]1CC=O)CN=C(N)NCC[C@H]1[C@H](CCC3(CCCC3)[C@H]1CO)Oc1cc(ccc1O)[C@@H]1Oc3cc(OC)c4c(c3C[C@H]1O)[C@@H]2Cc1cc(O)c(CC(C)C)cc1-4. The minimum Gasteiger partial charge on any atom is -0.508 e. The zero-order valence-electron chi connectivity index (χ0n) is 43.9. The zero-order chi connectivity index (χ0) is 51.2. The van der Waals surface area contributed by atoms with E-state index < -0.39 is 18.3 Å². The Morgan fingerprint density at radius 3 is 2.47 bits per heavy atom.